The largest absolute Gasteiger partial charge is 0.277 e. The second-order valence-corrected chi connectivity index (χ2v) is 3.47. The van der Waals surface area contributed by atoms with E-state index in [0.717, 1.165) is 11.5 Å². The van der Waals surface area contributed by atoms with Crippen molar-refractivity contribution in [1.82, 2.24) is 4.37 Å². The molecule has 1 aromatic carbocycles. The summed E-state index contributed by atoms with van der Waals surface area (Å²) >= 11 is 6.66. The van der Waals surface area contributed by atoms with Crippen LogP contribution in [0.15, 0.2) is 16.9 Å². The Kier molecular flexibility index (Phi) is 1.66. The van der Waals surface area contributed by atoms with Crippen molar-refractivity contribution in [2.24, 2.45) is 0 Å². The van der Waals surface area contributed by atoms with Crippen molar-refractivity contribution < 1.29 is 4.39 Å². The Morgan fingerprint density at radius 3 is 3.00 bits per heavy atom. The standard InChI is InChI=1S/C7H3ClFNOS/c8-5-4(9)2-1-3-6(5)12-10-7(3)11/h1-2H,(H,10,11). The maximum absolute atomic E-state index is 12.8. The number of nitrogens with one attached hydrogen (secondary N) is 1. The lowest BCUT2D eigenvalue weighted by Gasteiger charge is -1.91. The van der Waals surface area contributed by atoms with Gasteiger partial charge in [0.2, 0.25) is 0 Å². The summed E-state index contributed by atoms with van der Waals surface area (Å²) in [6, 6.07) is 2.61. The highest BCUT2D eigenvalue weighted by Gasteiger charge is 2.08. The molecule has 0 fully saturated rings. The summed E-state index contributed by atoms with van der Waals surface area (Å²) in [7, 11) is 0. The first-order valence-electron chi connectivity index (χ1n) is 3.15. The third-order valence-corrected chi connectivity index (χ3v) is 2.94. The molecule has 0 unspecified atom stereocenters. The monoisotopic (exact) mass is 203 g/mol. The average Bonchev–Trinajstić information content (AvgIpc) is 2.41. The van der Waals surface area contributed by atoms with Gasteiger partial charge in [0, 0.05) is 0 Å². The SMILES string of the molecule is O=c1[nH]sc2c(Cl)c(F)ccc12. The minimum atomic E-state index is -0.501. The maximum atomic E-state index is 12.8. The first-order valence-corrected chi connectivity index (χ1v) is 4.35. The molecule has 0 spiro atoms. The van der Waals surface area contributed by atoms with Crippen molar-refractivity contribution >= 4 is 33.2 Å². The van der Waals surface area contributed by atoms with Gasteiger partial charge < -0.3 is 0 Å². The van der Waals surface area contributed by atoms with Crippen LogP contribution in [0.2, 0.25) is 5.02 Å². The summed E-state index contributed by atoms with van der Waals surface area (Å²) in [5.74, 6) is -0.501. The zero-order valence-corrected chi connectivity index (χ0v) is 7.30. The van der Waals surface area contributed by atoms with Gasteiger partial charge in [0.25, 0.3) is 5.56 Å². The van der Waals surface area contributed by atoms with E-state index in [2.05, 4.69) is 4.37 Å². The van der Waals surface area contributed by atoms with Gasteiger partial charge in [-0.2, -0.15) is 0 Å². The van der Waals surface area contributed by atoms with Crippen LogP contribution in [0.5, 0.6) is 0 Å². The van der Waals surface area contributed by atoms with Crippen molar-refractivity contribution in [2.45, 2.75) is 0 Å². The summed E-state index contributed by atoms with van der Waals surface area (Å²) in [4.78, 5) is 11.0. The van der Waals surface area contributed by atoms with E-state index >= 15 is 0 Å². The molecule has 0 aliphatic carbocycles. The van der Waals surface area contributed by atoms with Crippen LogP contribution in [0.1, 0.15) is 0 Å². The second kappa shape index (κ2) is 2.57. The van der Waals surface area contributed by atoms with Gasteiger partial charge >= 0.3 is 0 Å². The fourth-order valence-electron chi connectivity index (χ4n) is 0.963. The zero-order chi connectivity index (χ0) is 8.72. The summed E-state index contributed by atoms with van der Waals surface area (Å²) in [6.07, 6.45) is 0. The van der Waals surface area contributed by atoms with Gasteiger partial charge in [-0.25, -0.2) is 4.39 Å². The molecule has 0 aliphatic heterocycles. The molecule has 2 nitrogen and oxygen atoms in total. The van der Waals surface area contributed by atoms with Crippen LogP contribution in [0.3, 0.4) is 0 Å². The van der Waals surface area contributed by atoms with E-state index in [1.54, 1.807) is 0 Å². The van der Waals surface area contributed by atoms with Gasteiger partial charge in [-0.05, 0) is 12.1 Å². The summed E-state index contributed by atoms with van der Waals surface area (Å²) in [5, 5.41) is 0.447. The molecule has 1 heterocycles. The number of H-pyrrole nitrogens is 1. The van der Waals surface area contributed by atoms with E-state index in [4.69, 9.17) is 11.6 Å². The molecule has 5 heteroatoms. The number of aromatic amines is 1. The van der Waals surface area contributed by atoms with Crippen LogP contribution < -0.4 is 5.56 Å². The van der Waals surface area contributed by atoms with Gasteiger partial charge in [0.15, 0.2) is 0 Å². The van der Waals surface area contributed by atoms with E-state index in [1.165, 1.54) is 12.1 Å². The Hall–Kier alpha value is -0.870. The molecule has 0 atom stereocenters. The molecular weight excluding hydrogens is 201 g/mol. The smallest absolute Gasteiger partial charge is 0.265 e. The molecule has 0 aliphatic rings. The predicted molar refractivity (Wildman–Crippen MR) is 47.4 cm³/mol. The quantitative estimate of drug-likeness (QED) is 0.701. The van der Waals surface area contributed by atoms with Gasteiger partial charge in [0.05, 0.1) is 15.1 Å². The van der Waals surface area contributed by atoms with Crippen LogP contribution in [0.4, 0.5) is 4.39 Å². The zero-order valence-electron chi connectivity index (χ0n) is 5.73. The normalized spacial score (nSPS) is 10.8. The van der Waals surface area contributed by atoms with Crippen LogP contribution in [-0.4, -0.2) is 4.37 Å². The number of hydrogen-bond acceptors (Lipinski definition) is 2. The molecule has 0 bridgehead atoms. The van der Waals surface area contributed by atoms with Crippen LogP contribution in [-0.2, 0) is 0 Å². The van der Waals surface area contributed by atoms with E-state index in [1.807, 2.05) is 0 Å². The fraction of sp³-hybridized carbons (Fsp3) is 0. The molecular formula is C7H3ClFNOS. The fourth-order valence-corrected chi connectivity index (χ4v) is 2.01. The van der Waals surface area contributed by atoms with E-state index in [-0.39, 0.29) is 10.6 Å². The van der Waals surface area contributed by atoms with Crippen molar-refractivity contribution in [3.63, 3.8) is 0 Å². The number of aromatic nitrogens is 1. The molecule has 62 valence electrons. The molecule has 1 aromatic heterocycles. The first-order chi connectivity index (χ1) is 5.70. The highest BCUT2D eigenvalue weighted by atomic mass is 35.5. The van der Waals surface area contributed by atoms with Crippen molar-refractivity contribution in [3.05, 3.63) is 33.3 Å². The van der Waals surface area contributed by atoms with Crippen molar-refractivity contribution in [1.29, 1.82) is 0 Å². The summed E-state index contributed by atoms with van der Waals surface area (Å²) in [6.45, 7) is 0. The molecule has 12 heavy (non-hydrogen) atoms. The third-order valence-electron chi connectivity index (χ3n) is 1.54. The van der Waals surface area contributed by atoms with Gasteiger partial charge in [-0.15, -0.1) is 0 Å². The third kappa shape index (κ3) is 0.956. The minimum Gasteiger partial charge on any atom is -0.277 e. The Balaban J connectivity index is 3.02. The average molecular weight is 204 g/mol. The lowest BCUT2D eigenvalue weighted by atomic mass is 10.3. The van der Waals surface area contributed by atoms with Crippen LogP contribution in [0.25, 0.3) is 10.1 Å². The van der Waals surface area contributed by atoms with E-state index in [0.29, 0.717) is 10.1 Å². The number of halogens is 2. The Bertz CT molecular complexity index is 490. The summed E-state index contributed by atoms with van der Waals surface area (Å²) in [5.41, 5.74) is -0.225. The first kappa shape index (κ1) is 7.76. The topological polar surface area (TPSA) is 32.9 Å². The van der Waals surface area contributed by atoms with E-state index < -0.39 is 5.82 Å². The number of benzene rings is 1. The molecule has 0 saturated heterocycles. The predicted octanol–water partition coefficient (Wildman–Crippen LogP) is 2.38. The Morgan fingerprint density at radius 1 is 1.50 bits per heavy atom. The highest BCUT2D eigenvalue weighted by Crippen LogP contribution is 2.26. The van der Waals surface area contributed by atoms with Gasteiger partial charge in [0.1, 0.15) is 5.82 Å². The molecule has 0 amide bonds. The summed E-state index contributed by atoms with van der Waals surface area (Å²) < 4.78 is 15.8. The lowest BCUT2D eigenvalue weighted by Crippen LogP contribution is -1.95. The van der Waals surface area contributed by atoms with Crippen LogP contribution >= 0.6 is 23.1 Å². The van der Waals surface area contributed by atoms with Crippen molar-refractivity contribution in [2.75, 3.05) is 0 Å². The molecule has 2 aromatic rings. The second-order valence-electron chi connectivity index (χ2n) is 2.27. The highest BCUT2D eigenvalue weighted by molar-refractivity contribution is 7.14. The van der Waals surface area contributed by atoms with Crippen molar-refractivity contribution in [3.8, 4) is 0 Å². The number of rotatable bonds is 0. The lowest BCUT2D eigenvalue weighted by molar-refractivity contribution is 0.630. The Labute approximate surface area is 75.7 Å². The Morgan fingerprint density at radius 2 is 2.25 bits per heavy atom. The van der Waals surface area contributed by atoms with E-state index in [9.17, 15) is 9.18 Å². The van der Waals surface area contributed by atoms with Gasteiger partial charge in [-0.3, -0.25) is 9.17 Å². The molecule has 0 saturated carbocycles. The molecule has 0 radical (unpaired) electrons. The maximum Gasteiger partial charge on any atom is 0.265 e. The van der Waals surface area contributed by atoms with Crippen LogP contribution in [0, 0.1) is 5.82 Å². The minimum absolute atomic E-state index is 0.0100. The number of hydrogen-bond donors (Lipinski definition) is 1. The molecule has 2 rings (SSSR count). The molecule has 1 N–H and O–H groups in total. The number of fused-ring (bicyclic) bond motifs is 1. The van der Waals surface area contributed by atoms with Gasteiger partial charge in [-0.1, -0.05) is 23.1 Å².